The summed E-state index contributed by atoms with van der Waals surface area (Å²) in [6.07, 6.45) is 17.4. The monoisotopic (exact) mass is 420 g/mol. The fourth-order valence-electron chi connectivity index (χ4n) is 2.98. The summed E-state index contributed by atoms with van der Waals surface area (Å²) in [7, 11) is 6.73. The Bertz CT molecular complexity index is 290. The summed E-state index contributed by atoms with van der Waals surface area (Å²) >= 11 is 0. The van der Waals surface area contributed by atoms with Gasteiger partial charge in [0.2, 0.25) is 5.91 Å². The Morgan fingerprint density at radius 1 is 0.720 bits per heavy atom. The third-order valence-electron chi connectivity index (χ3n) is 4.59. The lowest BCUT2D eigenvalue weighted by Gasteiger charge is -2.23. The van der Waals surface area contributed by atoms with Gasteiger partial charge in [-0.2, -0.15) is 0 Å². The van der Waals surface area contributed by atoms with Crippen LogP contribution in [-0.2, 0) is 4.79 Å². The second-order valence-corrected chi connectivity index (χ2v) is 8.36. The molecule has 4 heteroatoms. The first-order chi connectivity index (χ1) is 11.5. The van der Waals surface area contributed by atoms with E-state index in [0.29, 0.717) is 0 Å². The largest absolute Gasteiger partial charge is 1.00 e. The van der Waals surface area contributed by atoms with Crippen LogP contribution in [0.3, 0.4) is 0 Å². The van der Waals surface area contributed by atoms with Crippen molar-refractivity contribution in [1.29, 1.82) is 0 Å². The molecule has 0 rings (SSSR count). The summed E-state index contributed by atoms with van der Waals surface area (Å²) in [6.45, 7) is 4.36. The van der Waals surface area contributed by atoms with E-state index in [2.05, 4.69) is 33.4 Å². The second kappa shape index (κ2) is 18.7. The van der Waals surface area contributed by atoms with Gasteiger partial charge in [0.25, 0.3) is 0 Å². The first-order valence-electron chi connectivity index (χ1n) is 10.5. The standard InChI is InChI=1S/C21H44N2O.BrH/c1-5-6-7-8-9-10-11-12-15-18-21(24)22-19-16-13-14-17-20-23(2,3)4;/h5-20H2,1-4H3;1H. The van der Waals surface area contributed by atoms with Crippen molar-refractivity contribution in [1.82, 2.24) is 5.32 Å². The molecule has 0 radical (unpaired) electrons. The zero-order valence-electron chi connectivity index (χ0n) is 17.5. The first-order valence-corrected chi connectivity index (χ1v) is 10.5. The number of quaternary nitrogens is 1. The van der Waals surface area contributed by atoms with Gasteiger partial charge in [-0.1, -0.05) is 64.7 Å². The predicted octanol–water partition coefficient (Wildman–Crippen LogP) is 2.29. The molecule has 1 N–H and O–H groups in total. The molecule has 0 saturated carbocycles. The number of carbonyl (C=O) groups is 1. The molecular formula is C21H45BrN2O. The SMILES string of the molecule is CCCCCCCCCCCC(=O)NCCCCCC[N+](C)(C)C.[Br-]. The summed E-state index contributed by atoms with van der Waals surface area (Å²) in [6, 6.07) is 0. The van der Waals surface area contributed by atoms with Gasteiger partial charge in [0.1, 0.15) is 0 Å². The fraction of sp³-hybridized carbons (Fsp3) is 0.952. The van der Waals surface area contributed by atoms with Crippen molar-refractivity contribution in [3.8, 4) is 0 Å². The molecule has 0 aromatic rings. The highest BCUT2D eigenvalue weighted by Gasteiger charge is 2.05. The maximum absolute atomic E-state index is 11.8. The molecule has 0 aliphatic rings. The third kappa shape index (κ3) is 23.9. The van der Waals surface area contributed by atoms with Crippen LogP contribution in [0.2, 0.25) is 0 Å². The minimum absolute atomic E-state index is 0. The molecular weight excluding hydrogens is 376 g/mol. The highest BCUT2D eigenvalue weighted by Crippen LogP contribution is 2.10. The van der Waals surface area contributed by atoms with E-state index in [0.717, 1.165) is 30.3 Å². The number of nitrogens with one attached hydrogen (secondary N) is 1. The van der Waals surface area contributed by atoms with Gasteiger partial charge in [0.05, 0.1) is 27.7 Å². The molecule has 0 atom stereocenters. The Labute approximate surface area is 168 Å². The van der Waals surface area contributed by atoms with Gasteiger partial charge < -0.3 is 26.8 Å². The molecule has 0 aliphatic carbocycles. The van der Waals surface area contributed by atoms with Crippen LogP contribution in [0.5, 0.6) is 0 Å². The number of carbonyl (C=O) groups excluding carboxylic acids is 1. The zero-order chi connectivity index (χ0) is 18.1. The summed E-state index contributed by atoms with van der Waals surface area (Å²) < 4.78 is 1.05. The van der Waals surface area contributed by atoms with Gasteiger partial charge in [-0.25, -0.2) is 0 Å². The minimum atomic E-state index is 0. The number of halogens is 1. The molecule has 3 nitrogen and oxygen atoms in total. The summed E-state index contributed by atoms with van der Waals surface area (Å²) in [4.78, 5) is 11.8. The van der Waals surface area contributed by atoms with Crippen molar-refractivity contribution in [2.24, 2.45) is 0 Å². The van der Waals surface area contributed by atoms with Crippen LogP contribution in [0.1, 0.15) is 96.8 Å². The van der Waals surface area contributed by atoms with Crippen LogP contribution in [0.25, 0.3) is 0 Å². The van der Waals surface area contributed by atoms with Crippen molar-refractivity contribution in [2.45, 2.75) is 96.8 Å². The summed E-state index contributed by atoms with van der Waals surface area (Å²) in [5.41, 5.74) is 0. The average Bonchev–Trinajstić information content (AvgIpc) is 2.51. The first kappa shape index (κ1) is 27.1. The summed E-state index contributed by atoms with van der Waals surface area (Å²) in [5.74, 6) is 0.254. The van der Waals surface area contributed by atoms with Crippen LogP contribution < -0.4 is 22.3 Å². The third-order valence-corrected chi connectivity index (χ3v) is 4.59. The Balaban J connectivity index is 0. The fourth-order valence-corrected chi connectivity index (χ4v) is 2.98. The lowest BCUT2D eigenvalue weighted by atomic mass is 10.1. The number of nitrogens with zero attached hydrogens (tertiary/aromatic N) is 1. The van der Waals surface area contributed by atoms with Crippen LogP contribution in [0.15, 0.2) is 0 Å². The Kier molecular flexibility index (Phi) is 20.3. The van der Waals surface area contributed by atoms with Crippen molar-refractivity contribution in [3.63, 3.8) is 0 Å². The van der Waals surface area contributed by atoms with E-state index < -0.39 is 0 Å². The molecule has 0 heterocycles. The Hall–Kier alpha value is -0.0900. The molecule has 0 fully saturated rings. The van der Waals surface area contributed by atoms with Gasteiger partial charge >= 0.3 is 0 Å². The van der Waals surface area contributed by atoms with Gasteiger partial charge in [0, 0.05) is 13.0 Å². The summed E-state index contributed by atoms with van der Waals surface area (Å²) in [5, 5.41) is 3.07. The van der Waals surface area contributed by atoms with E-state index in [1.807, 2.05) is 0 Å². The molecule has 0 unspecified atom stereocenters. The number of hydrogen-bond donors (Lipinski definition) is 1. The normalized spacial score (nSPS) is 11.2. The van der Waals surface area contributed by atoms with Gasteiger partial charge in [-0.05, 0) is 25.7 Å². The van der Waals surface area contributed by atoms with E-state index in [1.54, 1.807) is 0 Å². The van der Waals surface area contributed by atoms with E-state index in [9.17, 15) is 4.79 Å². The van der Waals surface area contributed by atoms with Crippen LogP contribution in [0.4, 0.5) is 0 Å². The molecule has 0 spiro atoms. The molecule has 0 aliphatic heterocycles. The maximum Gasteiger partial charge on any atom is 0.219 e. The second-order valence-electron chi connectivity index (χ2n) is 8.36. The van der Waals surface area contributed by atoms with Crippen molar-refractivity contribution in [2.75, 3.05) is 34.2 Å². The van der Waals surface area contributed by atoms with E-state index in [1.165, 1.54) is 77.2 Å². The number of unbranched alkanes of at least 4 members (excludes halogenated alkanes) is 11. The van der Waals surface area contributed by atoms with Crippen LogP contribution >= 0.6 is 0 Å². The lowest BCUT2D eigenvalue weighted by Crippen LogP contribution is -3.00. The van der Waals surface area contributed by atoms with Gasteiger partial charge in [0.15, 0.2) is 0 Å². The smallest absolute Gasteiger partial charge is 0.219 e. The lowest BCUT2D eigenvalue weighted by molar-refractivity contribution is -0.870. The quantitative estimate of drug-likeness (QED) is 0.283. The molecule has 0 aromatic carbocycles. The topological polar surface area (TPSA) is 29.1 Å². The molecule has 0 saturated heterocycles. The van der Waals surface area contributed by atoms with Crippen molar-refractivity contribution in [3.05, 3.63) is 0 Å². The molecule has 1 amide bonds. The van der Waals surface area contributed by atoms with E-state index >= 15 is 0 Å². The Morgan fingerprint density at radius 2 is 1.20 bits per heavy atom. The number of amides is 1. The van der Waals surface area contributed by atoms with E-state index in [-0.39, 0.29) is 22.9 Å². The highest BCUT2D eigenvalue weighted by atomic mass is 79.9. The number of rotatable bonds is 17. The minimum Gasteiger partial charge on any atom is -1.00 e. The molecule has 152 valence electrons. The van der Waals surface area contributed by atoms with Crippen molar-refractivity contribution >= 4 is 5.91 Å². The van der Waals surface area contributed by atoms with Crippen LogP contribution in [-0.4, -0.2) is 44.6 Å². The van der Waals surface area contributed by atoms with Gasteiger partial charge in [-0.3, -0.25) is 4.79 Å². The molecule has 0 bridgehead atoms. The Morgan fingerprint density at radius 3 is 1.76 bits per heavy atom. The van der Waals surface area contributed by atoms with Crippen LogP contribution in [0, 0.1) is 0 Å². The van der Waals surface area contributed by atoms with Gasteiger partial charge in [-0.15, -0.1) is 0 Å². The zero-order valence-corrected chi connectivity index (χ0v) is 19.1. The predicted molar refractivity (Wildman–Crippen MR) is 106 cm³/mol. The molecule has 0 aromatic heterocycles. The highest BCUT2D eigenvalue weighted by molar-refractivity contribution is 5.75. The molecule has 25 heavy (non-hydrogen) atoms. The maximum atomic E-state index is 11.8. The average molecular weight is 422 g/mol. The number of hydrogen-bond acceptors (Lipinski definition) is 1. The van der Waals surface area contributed by atoms with Crippen molar-refractivity contribution < 1.29 is 26.3 Å². The van der Waals surface area contributed by atoms with E-state index in [4.69, 9.17) is 0 Å².